The van der Waals surface area contributed by atoms with E-state index in [9.17, 15) is 4.79 Å². The van der Waals surface area contributed by atoms with Crippen LogP contribution in [0.15, 0.2) is 34.3 Å². The normalized spacial score (nSPS) is 10.6. The molecule has 1 aromatic heterocycles. The van der Waals surface area contributed by atoms with Crippen LogP contribution < -0.4 is 5.73 Å². The first-order valence-electron chi connectivity index (χ1n) is 6.26. The second kappa shape index (κ2) is 7.37. The number of benzene rings is 1. The van der Waals surface area contributed by atoms with E-state index in [0.717, 1.165) is 5.56 Å². The highest BCUT2D eigenvalue weighted by atomic mass is 32.2. The summed E-state index contributed by atoms with van der Waals surface area (Å²) in [5, 5.41) is 6.90. The lowest BCUT2D eigenvalue weighted by Crippen LogP contribution is -2.27. The molecule has 3 N–H and O–H groups in total. The van der Waals surface area contributed by atoms with Crippen LogP contribution in [0.3, 0.4) is 0 Å². The molecule has 0 aliphatic carbocycles. The number of carbonyl (C=O) groups is 1. The van der Waals surface area contributed by atoms with Crippen molar-refractivity contribution >= 4 is 35.4 Å². The van der Waals surface area contributed by atoms with Crippen LogP contribution in [0.2, 0.25) is 0 Å². The van der Waals surface area contributed by atoms with Crippen molar-refractivity contribution in [2.75, 3.05) is 24.8 Å². The first-order valence-corrected chi connectivity index (χ1v) is 8.47. The summed E-state index contributed by atoms with van der Waals surface area (Å²) in [6, 6.07) is 8.20. The minimum atomic E-state index is 0.0253. The second-order valence-corrected chi connectivity index (χ2v) is 6.21. The number of carbonyl (C=O) groups excluding carboxylic acids is 1. The molecular weight excluding hydrogens is 306 g/mol. The van der Waals surface area contributed by atoms with Crippen LogP contribution in [0.5, 0.6) is 0 Å². The number of aromatic nitrogens is 3. The zero-order valence-corrected chi connectivity index (χ0v) is 13.5. The number of amides is 1. The molecule has 1 amide bonds. The summed E-state index contributed by atoms with van der Waals surface area (Å²) < 4.78 is 0. The van der Waals surface area contributed by atoms with Crippen LogP contribution in [-0.2, 0) is 11.3 Å². The van der Waals surface area contributed by atoms with E-state index in [2.05, 4.69) is 27.3 Å². The van der Waals surface area contributed by atoms with Crippen LogP contribution in [0, 0.1) is 0 Å². The molecule has 2 aromatic rings. The van der Waals surface area contributed by atoms with Gasteiger partial charge in [0.15, 0.2) is 0 Å². The summed E-state index contributed by atoms with van der Waals surface area (Å²) in [7, 11) is 1.79. The zero-order valence-electron chi connectivity index (χ0n) is 11.9. The lowest BCUT2D eigenvalue weighted by atomic mass is 10.2. The van der Waals surface area contributed by atoms with Crippen molar-refractivity contribution in [3.05, 3.63) is 29.8 Å². The van der Waals surface area contributed by atoms with E-state index in [-0.39, 0.29) is 17.6 Å². The maximum absolute atomic E-state index is 12.1. The molecule has 0 aliphatic heterocycles. The summed E-state index contributed by atoms with van der Waals surface area (Å²) in [6.07, 6.45) is 2.04. The lowest BCUT2D eigenvalue weighted by molar-refractivity contribution is -0.127. The second-order valence-electron chi connectivity index (χ2n) is 4.39. The number of nitrogens with one attached hydrogen (secondary N) is 1. The molecule has 21 heavy (non-hydrogen) atoms. The fourth-order valence-electron chi connectivity index (χ4n) is 1.65. The third-order valence-electron chi connectivity index (χ3n) is 2.81. The average molecular weight is 323 g/mol. The largest absolute Gasteiger partial charge is 0.368 e. The van der Waals surface area contributed by atoms with Crippen LogP contribution >= 0.6 is 23.5 Å². The van der Waals surface area contributed by atoms with Gasteiger partial charge in [-0.25, -0.2) is 5.10 Å². The number of hydrogen-bond donors (Lipinski definition) is 2. The number of hydrogen-bond acceptors (Lipinski definition) is 6. The van der Waals surface area contributed by atoms with Gasteiger partial charge in [-0.2, -0.15) is 4.98 Å². The predicted molar refractivity (Wildman–Crippen MR) is 86.2 cm³/mol. The Kier molecular flexibility index (Phi) is 5.51. The summed E-state index contributed by atoms with van der Waals surface area (Å²) >= 11 is 2.97. The van der Waals surface area contributed by atoms with Crippen molar-refractivity contribution < 1.29 is 4.79 Å². The van der Waals surface area contributed by atoms with Crippen molar-refractivity contribution in [3.8, 4) is 0 Å². The van der Waals surface area contributed by atoms with Crippen molar-refractivity contribution in [3.63, 3.8) is 0 Å². The third kappa shape index (κ3) is 4.68. The number of thioether (sulfide) groups is 2. The molecule has 8 heteroatoms. The maximum Gasteiger partial charge on any atom is 0.233 e. The molecule has 0 saturated carbocycles. The van der Waals surface area contributed by atoms with Crippen LogP contribution in [0.4, 0.5) is 5.95 Å². The molecule has 0 aliphatic rings. The molecule has 0 fully saturated rings. The molecule has 0 saturated heterocycles. The van der Waals surface area contributed by atoms with Crippen molar-refractivity contribution in [1.29, 1.82) is 0 Å². The summed E-state index contributed by atoms with van der Waals surface area (Å²) in [5.41, 5.74) is 6.54. The van der Waals surface area contributed by atoms with Gasteiger partial charge in [-0.15, -0.1) is 16.9 Å². The minimum absolute atomic E-state index is 0.0253. The van der Waals surface area contributed by atoms with E-state index < -0.39 is 0 Å². The number of nitrogens with two attached hydrogens (primary N) is 1. The van der Waals surface area contributed by atoms with E-state index in [4.69, 9.17) is 5.73 Å². The summed E-state index contributed by atoms with van der Waals surface area (Å²) in [5.74, 6) is 0.570. The molecule has 0 bridgehead atoms. The highest BCUT2D eigenvalue weighted by Gasteiger charge is 2.11. The van der Waals surface area contributed by atoms with Gasteiger partial charge in [-0.1, -0.05) is 23.9 Å². The van der Waals surface area contributed by atoms with Gasteiger partial charge in [-0.3, -0.25) is 4.79 Å². The molecule has 6 nitrogen and oxygen atoms in total. The molecule has 112 valence electrons. The number of nitrogen functional groups attached to an aromatic ring is 1. The average Bonchev–Trinajstić information content (AvgIpc) is 2.91. The fourth-order valence-corrected chi connectivity index (χ4v) is 2.81. The van der Waals surface area contributed by atoms with E-state index in [0.29, 0.717) is 11.7 Å². The Balaban J connectivity index is 1.83. The van der Waals surface area contributed by atoms with Gasteiger partial charge in [-0.05, 0) is 24.0 Å². The van der Waals surface area contributed by atoms with E-state index in [1.54, 1.807) is 23.7 Å². The van der Waals surface area contributed by atoms with Crippen LogP contribution in [0.1, 0.15) is 5.56 Å². The smallest absolute Gasteiger partial charge is 0.233 e. The summed E-state index contributed by atoms with van der Waals surface area (Å²) in [4.78, 5) is 18.9. The highest BCUT2D eigenvalue weighted by molar-refractivity contribution is 7.99. The number of aromatic amines is 1. The number of nitrogens with zero attached hydrogens (tertiary/aromatic N) is 3. The van der Waals surface area contributed by atoms with Crippen LogP contribution in [0.25, 0.3) is 0 Å². The molecule has 1 heterocycles. The zero-order chi connectivity index (χ0) is 15.2. The van der Waals surface area contributed by atoms with Gasteiger partial charge in [0.05, 0.1) is 5.75 Å². The van der Waals surface area contributed by atoms with Crippen LogP contribution in [-0.4, -0.2) is 45.0 Å². The van der Waals surface area contributed by atoms with E-state index >= 15 is 0 Å². The van der Waals surface area contributed by atoms with Gasteiger partial charge in [0.1, 0.15) is 0 Å². The SMILES string of the molecule is CSc1ccc(CN(C)C(=O)CSc2n[nH]c(N)n2)cc1. The lowest BCUT2D eigenvalue weighted by Gasteiger charge is -2.16. The first-order chi connectivity index (χ1) is 10.1. The predicted octanol–water partition coefficient (Wildman–Crippen LogP) is 1.86. The maximum atomic E-state index is 12.1. The summed E-state index contributed by atoms with van der Waals surface area (Å²) in [6.45, 7) is 0.587. The quantitative estimate of drug-likeness (QED) is 0.789. The third-order valence-corrected chi connectivity index (χ3v) is 4.39. The minimum Gasteiger partial charge on any atom is -0.368 e. The molecule has 0 spiro atoms. The Morgan fingerprint density at radius 2 is 2.10 bits per heavy atom. The Labute approximate surface area is 131 Å². The Hall–Kier alpha value is -1.67. The molecule has 0 atom stereocenters. The number of anilines is 1. The number of H-pyrrole nitrogens is 1. The number of rotatable bonds is 6. The van der Waals surface area contributed by atoms with Crippen molar-refractivity contribution in [2.24, 2.45) is 0 Å². The Morgan fingerprint density at radius 1 is 1.38 bits per heavy atom. The standard InChI is InChI=1S/C13H17N5OS2/c1-18(7-9-3-5-10(20-2)6-4-9)11(19)8-21-13-15-12(14)16-17-13/h3-6H,7-8H2,1-2H3,(H3,14,15,16,17). The van der Waals surface area contributed by atoms with Gasteiger partial charge in [0, 0.05) is 18.5 Å². The molecule has 2 rings (SSSR count). The van der Waals surface area contributed by atoms with Crippen molar-refractivity contribution in [1.82, 2.24) is 20.1 Å². The Morgan fingerprint density at radius 3 is 2.67 bits per heavy atom. The topological polar surface area (TPSA) is 87.9 Å². The monoisotopic (exact) mass is 323 g/mol. The molecule has 0 unspecified atom stereocenters. The fraction of sp³-hybridized carbons (Fsp3) is 0.308. The van der Waals surface area contributed by atoms with Gasteiger partial charge >= 0.3 is 0 Å². The van der Waals surface area contributed by atoms with E-state index in [1.165, 1.54) is 16.7 Å². The molecule has 1 aromatic carbocycles. The Bertz CT molecular complexity index is 599. The highest BCUT2D eigenvalue weighted by Crippen LogP contribution is 2.17. The molecule has 0 radical (unpaired) electrons. The van der Waals surface area contributed by atoms with Gasteiger partial charge < -0.3 is 10.6 Å². The molecular formula is C13H17N5OS2. The van der Waals surface area contributed by atoms with Gasteiger partial charge in [0.2, 0.25) is 17.0 Å². The first kappa shape index (κ1) is 15.7. The van der Waals surface area contributed by atoms with E-state index in [1.807, 2.05) is 18.4 Å². The van der Waals surface area contributed by atoms with Gasteiger partial charge in [0.25, 0.3) is 0 Å². The van der Waals surface area contributed by atoms with Crippen molar-refractivity contribution in [2.45, 2.75) is 16.6 Å².